The lowest BCUT2D eigenvalue weighted by molar-refractivity contribution is -0.122. The summed E-state index contributed by atoms with van der Waals surface area (Å²) in [4.78, 5) is 11.2. The smallest absolute Gasteiger partial charge is 0.257 e. The van der Waals surface area contributed by atoms with Crippen molar-refractivity contribution >= 4 is 5.91 Å². The van der Waals surface area contributed by atoms with Crippen LogP contribution in [0.4, 0.5) is 0 Å². The van der Waals surface area contributed by atoms with Gasteiger partial charge in [0.25, 0.3) is 5.91 Å². The van der Waals surface area contributed by atoms with Crippen molar-refractivity contribution in [2.75, 3.05) is 20.2 Å². The molecule has 1 aromatic rings. The van der Waals surface area contributed by atoms with Gasteiger partial charge < -0.3 is 15.4 Å². The van der Waals surface area contributed by atoms with E-state index in [0.717, 1.165) is 25.1 Å². The van der Waals surface area contributed by atoms with Crippen molar-refractivity contribution in [3.63, 3.8) is 0 Å². The molecule has 1 aromatic carbocycles. The molecule has 1 aliphatic carbocycles. The van der Waals surface area contributed by atoms with Gasteiger partial charge in [0.1, 0.15) is 5.75 Å². The number of amides is 1. The van der Waals surface area contributed by atoms with Crippen LogP contribution in [0.3, 0.4) is 0 Å². The maximum Gasteiger partial charge on any atom is 0.257 e. The molecule has 20 heavy (non-hydrogen) atoms. The molecule has 2 N–H and O–H groups in total. The maximum atomic E-state index is 11.2. The first-order chi connectivity index (χ1) is 9.74. The first-order valence-corrected chi connectivity index (χ1v) is 7.44. The summed E-state index contributed by atoms with van der Waals surface area (Å²) in [5.41, 5.74) is 2.73. The first kappa shape index (κ1) is 14.9. The highest BCUT2D eigenvalue weighted by Gasteiger charge is 2.20. The number of ether oxygens (including phenoxy) is 1. The van der Waals surface area contributed by atoms with Crippen molar-refractivity contribution in [3.05, 3.63) is 29.3 Å². The third-order valence-electron chi connectivity index (χ3n) is 3.72. The first-order valence-electron chi connectivity index (χ1n) is 7.44. The summed E-state index contributed by atoms with van der Waals surface area (Å²) >= 11 is 0. The Bertz CT molecular complexity index is 460. The summed E-state index contributed by atoms with van der Waals surface area (Å²) in [5, 5.41) is 6.15. The molecule has 1 atom stereocenters. The lowest BCUT2D eigenvalue weighted by Crippen LogP contribution is -2.26. The predicted molar refractivity (Wildman–Crippen MR) is 80.0 cm³/mol. The van der Waals surface area contributed by atoms with Gasteiger partial charge in [-0.1, -0.05) is 13.0 Å². The molecule has 1 amide bonds. The highest BCUT2D eigenvalue weighted by atomic mass is 16.5. The summed E-state index contributed by atoms with van der Waals surface area (Å²) in [6.45, 7) is 3.29. The fourth-order valence-corrected chi connectivity index (χ4v) is 2.62. The molecule has 0 aliphatic heterocycles. The molecular formula is C16H24N2O2. The van der Waals surface area contributed by atoms with Gasteiger partial charge in [0.05, 0.1) is 0 Å². The minimum atomic E-state index is -0.108. The number of carbonyl (C=O) groups is 1. The molecule has 4 nitrogen and oxygen atoms in total. The number of carbonyl (C=O) groups excluding carboxylic acids is 1. The Hall–Kier alpha value is -1.55. The second-order valence-electron chi connectivity index (χ2n) is 5.22. The van der Waals surface area contributed by atoms with E-state index in [-0.39, 0.29) is 12.5 Å². The van der Waals surface area contributed by atoms with E-state index in [1.807, 2.05) is 6.07 Å². The van der Waals surface area contributed by atoms with Gasteiger partial charge in [-0.05, 0) is 55.5 Å². The van der Waals surface area contributed by atoms with Gasteiger partial charge in [0.15, 0.2) is 6.61 Å². The molecule has 0 saturated carbocycles. The van der Waals surface area contributed by atoms with E-state index in [9.17, 15) is 4.79 Å². The zero-order valence-electron chi connectivity index (χ0n) is 12.4. The van der Waals surface area contributed by atoms with Gasteiger partial charge in [0.2, 0.25) is 0 Å². The monoisotopic (exact) mass is 276 g/mol. The Morgan fingerprint density at radius 1 is 1.45 bits per heavy atom. The topological polar surface area (TPSA) is 50.4 Å². The van der Waals surface area contributed by atoms with Crippen molar-refractivity contribution in [2.24, 2.45) is 0 Å². The lowest BCUT2D eigenvalue weighted by Gasteiger charge is -2.27. The molecule has 0 heterocycles. The lowest BCUT2D eigenvalue weighted by atomic mass is 9.87. The minimum Gasteiger partial charge on any atom is -0.484 e. The van der Waals surface area contributed by atoms with Gasteiger partial charge in [-0.3, -0.25) is 4.79 Å². The highest BCUT2D eigenvalue weighted by molar-refractivity contribution is 5.77. The summed E-state index contributed by atoms with van der Waals surface area (Å²) in [6.07, 6.45) is 4.67. The van der Waals surface area contributed by atoms with Crippen molar-refractivity contribution in [2.45, 2.75) is 38.6 Å². The number of nitrogens with one attached hydrogen (secondary N) is 2. The average molecular weight is 276 g/mol. The van der Waals surface area contributed by atoms with E-state index in [1.54, 1.807) is 7.05 Å². The highest BCUT2D eigenvalue weighted by Crippen LogP contribution is 2.32. The summed E-state index contributed by atoms with van der Waals surface area (Å²) in [5.74, 6) is 0.668. The Labute approximate surface area is 120 Å². The standard InChI is InChI=1S/C16H24N2O2/c1-3-9-18-15-6-4-5-12-7-8-13(10-14(12)15)20-11-16(19)17-2/h7-8,10,15,18H,3-6,9,11H2,1-2H3,(H,17,19). The number of aryl methyl sites for hydroxylation is 1. The number of benzene rings is 1. The van der Waals surface area contributed by atoms with Crippen LogP contribution in [0.25, 0.3) is 0 Å². The second kappa shape index (κ2) is 7.29. The number of fused-ring (bicyclic) bond motifs is 1. The van der Waals surface area contributed by atoms with E-state index in [1.165, 1.54) is 24.0 Å². The molecule has 1 aliphatic rings. The summed E-state index contributed by atoms with van der Waals surface area (Å²) in [6, 6.07) is 6.60. The Morgan fingerprint density at radius 3 is 3.05 bits per heavy atom. The van der Waals surface area contributed by atoms with Crippen molar-refractivity contribution < 1.29 is 9.53 Å². The van der Waals surface area contributed by atoms with Gasteiger partial charge in [-0.25, -0.2) is 0 Å². The molecule has 0 spiro atoms. The van der Waals surface area contributed by atoms with Gasteiger partial charge in [-0.2, -0.15) is 0 Å². The number of hydrogen-bond donors (Lipinski definition) is 2. The van der Waals surface area contributed by atoms with Gasteiger partial charge >= 0.3 is 0 Å². The van der Waals surface area contributed by atoms with E-state index in [2.05, 4.69) is 29.7 Å². The van der Waals surface area contributed by atoms with E-state index < -0.39 is 0 Å². The Morgan fingerprint density at radius 2 is 2.30 bits per heavy atom. The Kier molecular flexibility index (Phi) is 5.41. The van der Waals surface area contributed by atoms with Crippen LogP contribution < -0.4 is 15.4 Å². The van der Waals surface area contributed by atoms with E-state index in [0.29, 0.717) is 6.04 Å². The van der Waals surface area contributed by atoms with E-state index in [4.69, 9.17) is 4.74 Å². The maximum absolute atomic E-state index is 11.2. The number of likely N-dealkylation sites (N-methyl/N-ethyl adjacent to an activating group) is 1. The van der Waals surface area contributed by atoms with Crippen molar-refractivity contribution in [3.8, 4) is 5.75 Å². The third kappa shape index (κ3) is 3.73. The largest absolute Gasteiger partial charge is 0.484 e. The van der Waals surface area contributed by atoms with Crippen molar-refractivity contribution in [1.29, 1.82) is 0 Å². The molecule has 110 valence electrons. The zero-order chi connectivity index (χ0) is 14.4. The van der Waals surface area contributed by atoms with Crippen LogP contribution in [0.5, 0.6) is 5.75 Å². The molecule has 0 fully saturated rings. The molecule has 0 saturated heterocycles. The molecule has 0 aromatic heterocycles. The van der Waals surface area contributed by atoms with Crippen LogP contribution >= 0.6 is 0 Å². The second-order valence-corrected chi connectivity index (χ2v) is 5.22. The number of rotatable bonds is 6. The van der Waals surface area contributed by atoms with Crippen LogP contribution in [-0.2, 0) is 11.2 Å². The predicted octanol–water partition coefficient (Wildman–Crippen LogP) is 2.19. The van der Waals surface area contributed by atoms with Crippen molar-refractivity contribution in [1.82, 2.24) is 10.6 Å². The molecule has 0 radical (unpaired) electrons. The minimum absolute atomic E-state index is 0.0718. The third-order valence-corrected chi connectivity index (χ3v) is 3.72. The fourth-order valence-electron chi connectivity index (χ4n) is 2.62. The summed E-state index contributed by atoms with van der Waals surface area (Å²) < 4.78 is 5.54. The molecule has 1 unspecified atom stereocenters. The average Bonchev–Trinajstić information content (AvgIpc) is 2.50. The molecule has 0 bridgehead atoms. The molecule has 2 rings (SSSR count). The van der Waals surface area contributed by atoms with Gasteiger partial charge in [0, 0.05) is 13.1 Å². The Balaban J connectivity index is 2.08. The quantitative estimate of drug-likeness (QED) is 0.837. The molecular weight excluding hydrogens is 252 g/mol. The van der Waals surface area contributed by atoms with Crippen LogP contribution in [0.15, 0.2) is 18.2 Å². The van der Waals surface area contributed by atoms with Crippen LogP contribution in [0.2, 0.25) is 0 Å². The zero-order valence-corrected chi connectivity index (χ0v) is 12.4. The van der Waals surface area contributed by atoms with Crippen LogP contribution in [0.1, 0.15) is 43.4 Å². The summed E-state index contributed by atoms with van der Waals surface area (Å²) in [7, 11) is 1.61. The number of hydrogen-bond acceptors (Lipinski definition) is 3. The molecule has 4 heteroatoms. The van der Waals surface area contributed by atoms with Crippen LogP contribution in [0, 0.1) is 0 Å². The van der Waals surface area contributed by atoms with E-state index >= 15 is 0 Å². The van der Waals surface area contributed by atoms with Gasteiger partial charge in [-0.15, -0.1) is 0 Å². The van der Waals surface area contributed by atoms with Crippen LogP contribution in [-0.4, -0.2) is 26.1 Å². The fraction of sp³-hybridized carbons (Fsp3) is 0.562. The SMILES string of the molecule is CCCNC1CCCc2ccc(OCC(=O)NC)cc21. The normalized spacial score (nSPS) is 17.4.